The summed E-state index contributed by atoms with van der Waals surface area (Å²) in [6.07, 6.45) is 0.882. The van der Waals surface area contributed by atoms with Gasteiger partial charge in [0.15, 0.2) is 11.5 Å². The summed E-state index contributed by atoms with van der Waals surface area (Å²) in [7, 11) is 3.26. The monoisotopic (exact) mass is 264 g/mol. The Morgan fingerprint density at radius 2 is 1.84 bits per heavy atom. The van der Waals surface area contributed by atoms with Crippen molar-refractivity contribution in [2.24, 2.45) is 5.73 Å². The first-order valence-corrected chi connectivity index (χ1v) is 6.34. The van der Waals surface area contributed by atoms with Gasteiger partial charge in [0.25, 0.3) is 0 Å². The highest BCUT2D eigenvalue weighted by Gasteiger charge is 2.25. The van der Waals surface area contributed by atoms with E-state index in [0.717, 1.165) is 30.0 Å². The van der Waals surface area contributed by atoms with Gasteiger partial charge in [0, 0.05) is 13.1 Å². The average Bonchev–Trinajstić information content (AvgIpc) is 2.44. The van der Waals surface area contributed by atoms with Crippen LogP contribution in [0.25, 0.3) is 0 Å². The second-order valence-electron chi connectivity index (χ2n) is 4.77. The Kier molecular flexibility index (Phi) is 3.95. The number of ether oxygens (including phenoxy) is 2. The fraction of sp³-hybridized carbons (Fsp3) is 0.500. The molecule has 0 saturated carbocycles. The molecule has 0 aliphatic carbocycles. The number of methoxy groups -OCH3 is 2. The molecule has 1 aromatic rings. The van der Waals surface area contributed by atoms with Gasteiger partial charge in [-0.3, -0.25) is 9.69 Å². The molecule has 2 N–H and O–H groups in total. The molecule has 0 saturated heterocycles. The number of benzene rings is 1. The molecule has 1 amide bonds. The van der Waals surface area contributed by atoms with Crippen LogP contribution in [-0.2, 0) is 17.8 Å². The second kappa shape index (κ2) is 5.48. The van der Waals surface area contributed by atoms with E-state index in [9.17, 15) is 4.79 Å². The van der Waals surface area contributed by atoms with Gasteiger partial charge in [0.05, 0.1) is 20.3 Å². The predicted octanol–water partition coefficient (Wildman–Crippen LogP) is 0.936. The van der Waals surface area contributed by atoms with E-state index in [1.165, 1.54) is 5.56 Å². The lowest BCUT2D eigenvalue weighted by Gasteiger charge is -2.32. The highest BCUT2D eigenvalue weighted by atomic mass is 16.5. The number of hydrogen-bond acceptors (Lipinski definition) is 4. The number of nitrogens with two attached hydrogens (primary N) is 1. The van der Waals surface area contributed by atoms with Crippen LogP contribution >= 0.6 is 0 Å². The minimum atomic E-state index is -0.288. The number of rotatable bonds is 4. The lowest BCUT2D eigenvalue weighted by molar-refractivity contribution is -0.123. The Hall–Kier alpha value is -1.75. The van der Waals surface area contributed by atoms with Crippen molar-refractivity contribution < 1.29 is 14.3 Å². The van der Waals surface area contributed by atoms with Crippen molar-refractivity contribution >= 4 is 5.91 Å². The van der Waals surface area contributed by atoms with Crippen LogP contribution in [-0.4, -0.2) is 37.6 Å². The van der Waals surface area contributed by atoms with Gasteiger partial charge in [-0.15, -0.1) is 0 Å². The van der Waals surface area contributed by atoms with Crippen LogP contribution < -0.4 is 15.2 Å². The minimum absolute atomic E-state index is 0.249. The molecule has 1 aliphatic heterocycles. The molecule has 1 unspecified atom stereocenters. The fourth-order valence-corrected chi connectivity index (χ4v) is 2.42. The molecular weight excluding hydrogens is 244 g/mol. The number of nitrogens with zero attached hydrogens (tertiary/aromatic N) is 1. The fourth-order valence-electron chi connectivity index (χ4n) is 2.42. The first-order chi connectivity index (χ1) is 9.06. The molecule has 0 bridgehead atoms. The summed E-state index contributed by atoms with van der Waals surface area (Å²) < 4.78 is 10.6. The van der Waals surface area contributed by atoms with Crippen LogP contribution in [0.15, 0.2) is 12.1 Å². The zero-order chi connectivity index (χ0) is 14.0. The lowest BCUT2D eigenvalue weighted by Crippen LogP contribution is -2.45. The van der Waals surface area contributed by atoms with Gasteiger partial charge in [-0.25, -0.2) is 0 Å². The van der Waals surface area contributed by atoms with Crippen molar-refractivity contribution in [1.29, 1.82) is 0 Å². The average molecular weight is 264 g/mol. The molecule has 0 fully saturated rings. The molecule has 0 radical (unpaired) electrons. The number of carbonyl (C=O) groups excluding carboxylic acids is 1. The Morgan fingerprint density at radius 1 is 1.26 bits per heavy atom. The number of hydrogen-bond donors (Lipinski definition) is 1. The maximum absolute atomic E-state index is 11.3. The topological polar surface area (TPSA) is 64.8 Å². The first kappa shape index (κ1) is 13.7. The summed E-state index contributed by atoms with van der Waals surface area (Å²) in [6, 6.07) is 3.75. The molecule has 1 aliphatic rings. The summed E-state index contributed by atoms with van der Waals surface area (Å²) in [5, 5.41) is 0. The van der Waals surface area contributed by atoms with E-state index in [1.54, 1.807) is 14.2 Å². The van der Waals surface area contributed by atoms with Crippen LogP contribution in [0.5, 0.6) is 11.5 Å². The van der Waals surface area contributed by atoms with E-state index < -0.39 is 0 Å². The number of primary amides is 1. The smallest absolute Gasteiger partial charge is 0.234 e. The molecule has 5 heteroatoms. The van der Waals surface area contributed by atoms with Gasteiger partial charge in [-0.05, 0) is 36.6 Å². The Bertz CT molecular complexity index is 488. The summed E-state index contributed by atoms with van der Waals surface area (Å²) in [4.78, 5) is 13.3. The Labute approximate surface area is 113 Å². The third kappa shape index (κ3) is 2.66. The van der Waals surface area contributed by atoms with Crippen LogP contribution in [0.3, 0.4) is 0 Å². The zero-order valence-electron chi connectivity index (χ0n) is 11.6. The molecular formula is C14H20N2O3. The van der Waals surface area contributed by atoms with Gasteiger partial charge in [-0.2, -0.15) is 0 Å². The number of carbonyl (C=O) groups is 1. The minimum Gasteiger partial charge on any atom is -0.493 e. The van der Waals surface area contributed by atoms with Gasteiger partial charge < -0.3 is 15.2 Å². The molecule has 5 nitrogen and oxygen atoms in total. The third-order valence-electron chi connectivity index (χ3n) is 3.71. The van der Waals surface area contributed by atoms with Crippen LogP contribution in [0.4, 0.5) is 0 Å². The number of fused-ring (bicyclic) bond motifs is 1. The molecule has 2 rings (SSSR count). The van der Waals surface area contributed by atoms with Crippen molar-refractivity contribution in [1.82, 2.24) is 4.90 Å². The van der Waals surface area contributed by atoms with Crippen molar-refractivity contribution in [2.45, 2.75) is 25.9 Å². The van der Waals surface area contributed by atoms with Gasteiger partial charge in [0.2, 0.25) is 5.91 Å². The number of amides is 1. The summed E-state index contributed by atoms with van der Waals surface area (Å²) in [6.45, 7) is 3.38. The highest BCUT2D eigenvalue weighted by molar-refractivity contribution is 5.79. The SMILES string of the molecule is COc1cc2c(cc1OC)CN(C(C)C(N)=O)CC2. The van der Waals surface area contributed by atoms with E-state index in [4.69, 9.17) is 15.2 Å². The van der Waals surface area contributed by atoms with Crippen LogP contribution in [0, 0.1) is 0 Å². The molecule has 1 atom stereocenters. The Balaban J connectivity index is 2.27. The van der Waals surface area contributed by atoms with Crippen molar-refractivity contribution in [3.8, 4) is 11.5 Å². The van der Waals surface area contributed by atoms with E-state index >= 15 is 0 Å². The zero-order valence-corrected chi connectivity index (χ0v) is 11.6. The summed E-state index contributed by atoms with van der Waals surface area (Å²) in [5.41, 5.74) is 7.77. The van der Waals surface area contributed by atoms with Crippen LogP contribution in [0.2, 0.25) is 0 Å². The van der Waals surface area contributed by atoms with Gasteiger partial charge in [0.1, 0.15) is 0 Å². The molecule has 1 heterocycles. The largest absolute Gasteiger partial charge is 0.493 e. The first-order valence-electron chi connectivity index (χ1n) is 6.34. The maximum Gasteiger partial charge on any atom is 0.234 e. The van der Waals surface area contributed by atoms with E-state index in [2.05, 4.69) is 4.90 Å². The standard InChI is InChI=1S/C14H20N2O3/c1-9(14(15)17)16-5-4-10-6-12(18-2)13(19-3)7-11(10)8-16/h6-7,9H,4-5,8H2,1-3H3,(H2,15,17). The quantitative estimate of drug-likeness (QED) is 0.879. The predicted molar refractivity (Wildman–Crippen MR) is 72.3 cm³/mol. The van der Waals surface area contributed by atoms with E-state index in [1.807, 2.05) is 19.1 Å². The van der Waals surface area contributed by atoms with Crippen molar-refractivity contribution in [2.75, 3.05) is 20.8 Å². The third-order valence-corrected chi connectivity index (χ3v) is 3.71. The van der Waals surface area contributed by atoms with E-state index in [-0.39, 0.29) is 11.9 Å². The summed E-state index contributed by atoms with van der Waals surface area (Å²) >= 11 is 0. The molecule has 0 aromatic heterocycles. The molecule has 104 valence electrons. The van der Waals surface area contributed by atoms with Crippen molar-refractivity contribution in [3.05, 3.63) is 23.3 Å². The maximum atomic E-state index is 11.3. The Morgan fingerprint density at radius 3 is 2.37 bits per heavy atom. The molecule has 0 spiro atoms. The lowest BCUT2D eigenvalue weighted by atomic mass is 9.97. The van der Waals surface area contributed by atoms with Crippen LogP contribution in [0.1, 0.15) is 18.1 Å². The summed E-state index contributed by atoms with van der Waals surface area (Å²) in [5.74, 6) is 1.18. The highest BCUT2D eigenvalue weighted by Crippen LogP contribution is 2.33. The molecule has 19 heavy (non-hydrogen) atoms. The normalized spacial score (nSPS) is 16.6. The van der Waals surface area contributed by atoms with E-state index in [0.29, 0.717) is 6.54 Å². The van der Waals surface area contributed by atoms with Gasteiger partial charge in [-0.1, -0.05) is 0 Å². The van der Waals surface area contributed by atoms with Gasteiger partial charge >= 0.3 is 0 Å². The van der Waals surface area contributed by atoms with Crippen molar-refractivity contribution in [3.63, 3.8) is 0 Å². The second-order valence-corrected chi connectivity index (χ2v) is 4.77. The molecule has 1 aromatic carbocycles.